The Balaban J connectivity index is 0.000000291. The third-order valence-corrected chi connectivity index (χ3v) is 22.8. The lowest BCUT2D eigenvalue weighted by atomic mass is 9.69. The van der Waals surface area contributed by atoms with E-state index in [4.69, 9.17) is 42.9 Å². The fourth-order valence-corrected chi connectivity index (χ4v) is 16.9. The van der Waals surface area contributed by atoms with E-state index in [0.29, 0.717) is 50.3 Å². The molecule has 1 aromatic carbocycles. The van der Waals surface area contributed by atoms with Gasteiger partial charge >= 0.3 is 24.1 Å². The van der Waals surface area contributed by atoms with E-state index >= 15 is 0 Å². The quantitative estimate of drug-likeness (QED) is 0.0892. The van der Waals surface area contributed by atoms with Gasteiger partial charge in [0.05, 0.1) is 41.7 Å². The van der Waals surface area contributed by atoms with Gasteiger partial charge in [-0.3, -0.25) is 43.6 Å². The summed E-state index contributed by atoms with van der Waals surface area (Å²) >= 11 is 0. The molecule has 0 bridgehead atoms. The van der Waals surface area contributed by atoms with Crippen LogP contribution in [-0.2, 0) is 73.2 Å². The molecule has 4 saturated heterocycles. The van der Waals surface area contributed by atoms with Crippen molar-refractivity contribution in [2.24, 2.45) is 70.0 Å². The van der Waals surface area contributed by atoms with Crippen LogP contribution in [0.3, 0.4) is 0 Å². The van der Waals surface area contributed by atoms with Crippen molar-refractivity contribution < 1.29 is 81.4 Å². The van der Waals surface area contributed by atoms with Crippen LogP contribution < -0.4 is 0 Å². The highest BCUT2D eigenvalue weighted by Gasteiger charge is 2.62. The van der Waals surface area contributed by atoms with Crippen molar-refractivity contribution in [3.05, 3.63) is 72.5 Å². The number of hydrogen-bond acceptors (Lipinski definition) is 20. The predicted octanol–water partition coefficient (Wildman–Crippen LogP) is 13.1. The fraction of sp³-hybridized carbons (Fsp3) is 0.722. The molecule has 8 rings (SSSR count). The second-order valence-electron chi connectivity index (χ2n) is 31.8. The number of aromatic nitrogens is 3. The van der Waals surface area contributed by atoms with Crippen LogP contribution in [0.5, 0.6) is 0 Å². The topological polar surface area (TPSA) is 268 Å². The van der Waals surface area contributed by atoms with Gasteiger partial charge in [0.1, 0.15) is 42.3 Å². The Morgan fingerprint density at radius 1 is 0.683 bits per heavy atom. The summed E-state index contributed by atoms with van der Waals surface area (Å²) in [4.78, 5) is 124. The number of ether oxygens (including phenoxy) is 8. The molecule has 5 aliphatic rings. The highest BCUT2D eigenvalue weighted by atomic mass is 16.7. The van der Waals surface area contributed by atoms with Gasteiger partial charge in [0.2, 0.25) is 0 Å². The number of ketones is 4. The third-order valence-electron chi connectivity index (χ3n) is 22.8. The Bertz CT molecular complexity index is 3410. The molecule has 3 aromatic rings. The van der Waals surface area contributed by atoms with E-state index in [-0.39, 0.29) is 73.0 Å². The molecule has 2 aromatic heterocycles. The monoisotopic (exact) mass is 1410 g/mol. The van der Waals surface area contributed by atoms with Gasteiger partial charge in [-0.2, -0.15) is 0 Å². The zero-order chi connectivity index (χ0) is 75.1. The minimum Gasteiger partial charge on any atom is -0.457 e. The van der Waals surface area contributed by atoms with Gasteiger partial charge in [0, 0.05) is 72.9 Å². The summed E-state index contributed by atoms with van der Waals surface area (Å²) < 4.78 is 51.4. The number of carbonyl (C=O) groups excluding carboxylic acids is 8. The molecule has 22 heteroatoms. The first kappa shape index (κ1) is 82.0. The molecule has 1 N–H and O–H groups in total. The number of hydrogen-bond donors (Lipinski definition) is 1. The number of benzene rings is 1. The number of fused-ring (bicyclic) bond motifs is 2. The number of para-hydroxylation sites is 1. The van der Waals surface area contributed by atoms with E-state index in [2.05, 4.69) is 23.7 Å². The second-order valence-corrected chi connectivity index (χ2v) is 31.8. The lowest BCUT2D eigenvalue weighted by Crippen LogP contribution is -2.60. The maximum atomic E-state index is 14.7. The van der Waals surface area contributed by atoms with E-state index in [1.165, 1.54) is 30.2 Å². The predicted molar refractivity (Wildman–Crippen MR) is 381 cm³/mol. The van der Waals surface area contributed by atoms with E-state index in [0.717, 1.165) is 23.0 Å². The van der Waals surface area contributed by atoms with Crippen LogP contribution in [0.25, 0.3) is 10.9 Å². The normalized spacial score (nSPS) is 36.9. The van der Waals surface area contributed by atoms with Gasteiger partial charge in [-0.05, 0) is 139 Å². The van der Waals surface area contributed by atoms with Crippen molar-refractivity contribution >= 4 is 58.2 Å². The molecule has 0 spiro atoms. The maximum Gasteiger partial charge on any atom is 0.420 e. The minimum atomic E-state index is -1.47. The van der Waals surface area contributed by atoms with E-state index in [1.807, 2.05) is 127 Å². The molecule has 101 heavy (non-hydrogen) atoms. The SMILES string of the molecule is CC[C@H]1OC(=O)[C@H](C)C(=O)[C@H](C)[C@@H](O[C@@H]2O[C@H](C)C[C@H](C)[C@H]2C)C(C)(C)C[C@@H](C)C(=O)/C(C)=C/[C@]1(CC)OC(=O)n1ccnc1.CC[C@H]1OC(=O)[C@H](C)C(=O)[C@H](C)[C@@H](O[C@@H]2O[C@H](C)C[C@H](C)[C@H]2O)C(C)(C)C[C@@H](C)C(=O)[C@H](C)[C@H]2N(CCN(C)Cc3ccc4ccccc4n3)C(=O)O[C@]12CC. The number of imidazole rings is 1. The standard InChI is InChI=1S/C44H65N3O9.C35H54N2O8/c1-12-34-44(13-2)38(47(42(52)56-44)21-20-46(11)24-32-19-18-31-16-14-15-17-33(31)45-32)28(6)35(48)26(4)23-43(9,10)39(29(7)37(50)30(8)40(51)54-34)55-41-36(49)25(3)22-27(5)53-41;1-12-27-35(13-2,45-33(41)37-15-14-36-19-37)18-22(5)28(38)21(4)17-34(10,11)30(25(8)29(39)26(9)31(40)43-27)44-32-24(7)20(3)16-23(6)42-32/h14-19,25-30,34,36,38-39,41,49H,12-13,20-24H2,1-11H3;14-15,18-21,23-27,30,32H,12-13,16-17H2,1-11H3/b;22-18+/t25-,26+,27+,28-,29-,30+,34+,36+,38+,39+,41-,44+;20-,21+,23+,24+,25-,26+,27+,30+,32-,35-/m00/s1. The zero-order valence-electron chi connectivity index (χ0n) is 64.3. The average Bonchev–Trinajstić information content (AvgIpc) is 1.60. The molecule has 562 valence electrons. The molecule has 0 saturated carbocycles. The summed E-state index contributed by atoms with van der Waals surface area (Å²) in [6.07, 6.45) is 2.01. The first-order valence-electron chi connectivity index (χ1n) is 37.1. The fourth-order valence-electron chi connectivity index (χ4n) is 16.9. The van der Waals surface area contributed by atoms with Crippen LogP contribution in [0.1, 0.15) is 202 Å². The first-order valence-corrected chi connectivity index (χ1v) is 37.1. The highest BCUT2D eigenvalue weighted by molar-refractivity contribution is 6.01. The molecule has 0 radical (unpaired) electrons. The molecular weight excluding hydrogens is 1290 g/mol. The second kappa shape index (κ2) is 34.1. The van der Waals surface area contributed by atoms with Crippen molar-refractivity contribution in [2.45, 2.75) is 276 Å². The smallest absolute Gasteiger partial charge is 0.420 e. The molecule has 1 amide bonds. The number of esters is 2. The maximum absolute atomic E-state index is 14.7. The van der Waals surface area contributed by atoms with Crippen molar-refractivity contribution in [1.82, 2.24) is 24.3 Å². The molecular formula is C79H119N5O17. The van der Waals surface area contributed by atoms with Crippen LogP contribution in [0.2, 0.25) is 0 Å². The number of rotatable bonds is 14. The van der Waals surface area contributed by atoms with Crippen molar-refractivity contribution in [3.8, 4) is 0 Å². The van der Waals surface area contributed by atoms with Gasteiger partial charge in [0.25, 0.3) is 0 Å². The Morgan fingerprint density at radius 3 is 1.80 bits per heavy atom. The highest BCUT2D eigenvalue weighted by Crippen LogP contribution is 2.47. The number of amides is 1. The average molecular weight is 1410 g/mol. The molecule has 22 atom stereocenters. The van der Waals surface area contributed by atoms with Crippen LogP contribution in [-0.4, -0.2) is 169 Å². The molecule has 22 nitrogen and oxygen atoms in total. The number of likely N-dealkylation sites (N-methyl/N-ethyl adjacent to an activating group) is 1. The van der Waals surface area contributed by atoms with Gasteiger partial charge in [0.15, 0.2) is 41.1 Å². The summed E-state index contributed by atoms with van der Waals surface area (Å²) in [6.45, 7) is 40.5. The minimum absolute atomic E-state index is 0.00343. The first-order chi connectivity index (χ1) is 47.3. The number of aliphatic hydroxyl groups is 1. The zero-order valence-corrected chi connectivity index (χ0v) is 64.3. The lowest BCUT2D eigenvalue weighted by molar-refractivity contribution is -0.284. The number of aliphatic hydroxyl groups excluding tert-OH is 1. The molecule has 0 unspecified atom stereocenters. The van der Waals surface area contributed by atoms with Gasteiger partial charge in [-0.25, -0.2) is 19.1 Å². The summed E-state index contributed by atoms with van der Waals surface area (Å²) in [5, 5.41) is 12.2. The Labute approximate surface area is 599 Å². The van der Waals surface area contributed by atoms with E-state index in [9.17, 15) is 43.5 Å². The van der Waals surface area contributed by atoms with Crippen molar-refractivity contribution in [2.75, 3.05) is 20.1 Å². The third kappa shape index (κ3) is 18.4. The summed E-state index contributed by atoms with van der Waals surface area (Å²) in [5.41, 5.74) is -2.06. The van der Waals surface area contributed by atoms with Crippen LogP contribution >= 0.6 is 0 Å². The van der Waals surface area contributed by atoms with Gasteiger partial charge < -0.3 is 43.0 Å². The van der Waals surface area contributed by atoms with E-state index in [1.54, 1.807) is 52.5 Å². The number of cyclic esters (lactones) is 2. The van der Waals surface area contributed by atoms with Crippen LogP contribution in [0.15, 0.2) is 66.8 Å². The van der Waals surface area contributed by atoms with Gasteiger partial charge in [-0.15, -0.1) is 0 Å². The van der Waals surface area contributed by atoms with Crippen LogP contribution in [0, 0.1) is 70.0 Å². The largest absolute Gasteiger partial charge is 0.457 e. The summed E-state index contributed by atoms with van der Waals surface area (Å²) in [5.74, 6) is -7.43. The Hall–Kier alpha value is -6.30. The summed E-state index contributed by atoms with van der Waals surface area (Å²) in [6, 6.07) is 11.2. The molecule has 0 aliphatic carbocycles. The number of allylic oxidation sites excluding steroid dienone is 1. The Morgan fingerprint density at radius 2 is 1.24 bits per heavy atom. The number of pyridine rings is 1. The summed E-state index contributed by atoms with van der Waals surface area (Å²) in [7, 11) is 1.96. The Kier molecular flexibility index (Phi) is 27.7. The van der Waals surface area contributed by atoms with Crippen molar-refractivity contribution in [3.63, 3.8) is 0 Å². The molecule has 7 heterocycles. The number of nitrogens with zero attached hydrogens (tertiary/aromatic N) is 5. The van der Waals surface area contributed by atoms with Crippen LogP contribution in [0.4, 0.5) is 9.59 Å². The lowest BCUT2D eigenvalue weighted by Gasteiger charge is -2.46. The molecule has 4 fully saturated rings. The van der Waals surface area contributed by atoms with Gasteiger partial charge in [-0.1, -0.05) is 135 Å². The van der Waals surface area contributed by atoms with Crippen molar-refractivity contribution in [1.29, 1.82) is 0 Å². The number of Topliss-reactive ketones (excluding diaryl/α,β-unsaturated/α-hetero) is 4. The van der Waals surface area contributed by atoms with E-state index < -0.39 is 137 Å². The number of carbonyl (C=O) groups is 8. The molecule has 5 aliphatic heterocycles.